The molecule has 0 spiro atoms. The molecule has 0 radical (unpaired) electrons. The maximum atomic E-state index is 11.5. The van der Waals surface area contributed by atoms with Gasteiger partial charge in [-0.2, -0.15) is 0 Å². The fourth-order valence-electron chi connectivity index (χ4n) is 2.35. The van der Waals surface area contributed by atoms with Gasteiger partial charge in [0.2, 0.25) is 0 Å². The van der Waals surface area contributed by atoms with Gasteiger partial charge in [-0.15, -0.1) is 0 Å². The number of rotatable bonds is 1. The van der Waals surface area contributed by atoms with E-state index in [1.807, 2.05) is 11.5 Å². The Hall–Kier alpha value is -1.03. The number of imidazole rings is 1. The van der Waals surface area contributed by atoms with Gasteiger partial charge in [-0.25, -0.2) is 4.79 Å². The number of nitrogens with one attached hydrogen (secondary N) is 1. The van der Waals surface area contributed by atoms with E-state index in [-0.39, 0.29) is 11.7 Å². The predicted octanol–water partition coefficient (Wildman–Crippen LogP) is 0.927. The molecule has 1 aromatic heterocycles. The van der Waals surface area contributed by atoms with Crippen LogP contribution in [0.1, 0.15) is 37.4 Å². The van der Waals surface area contributed by atoms with Crippen molar-refractivity contribution in [2.45, 2.75) is 44.7 Å². The minimum Gasteiger partial charge on any atom is -0.328 e. The van der Waals surface area contributed by atoms with E-state index in [2.05, 4.69) is 4.98 Å². The van der Waals surface area contributed by atoms with Gasteiger partial charge in [0.25, 0.3) is 0 Å². The highest BCUT2D eigenvalue weighted by atomic mass is 16.1. The highest BCUT2D eigenvalue weighted by molar-refractivity contribution is 4.98. The summed E-state index contributed by atoms with van der Waals surface area (Å²) >= 11 is 0. The molecule has 0 aliphatic heterocycles. The van der Waals surface area contributed by atoms with E-state index in [9.17, 15) is 4.79 Å². The van der Waals surface area contributed by atoms with Crippen LogP contribution in [0.25, 0.3) is 0 Å². The van der Waals surface area contributed by atoms with Gasteiger partial charge in [-0.3, -0.25) is 4.57 Å². The lowest BCUT2D eigenvalue weighted by molar-refractivity contribution is 0.311. The first-order chi connectivity index (χ1) is 6.68. The Bertz CT molecular complexity index is 366. The molecule has 1 heterocycles. The third kappa shape index (κ3) is 1.62. The highest BCUT2D eigenvalue weighted by Gasteiger charge is 2.22. The molecule has 0 bridgehead atoms. The van der Waals surface area contributed by atoms with Crippen molar-refractivity contribution >= 4 is 0 Å². The first kappa shape index (κ1) is 9.52. The van der Waals surface area contributed by atoms with E-state index >= 15 is 0 Å². The van der Waals surface area contributed by atoms with Crippen LogP contribution in [0.4, 0.5) is 0 Å². The summed E-state index contributed by atoms with van der Waals surface area (Å²) in [4.78, 5) is 14.2. The first-order valence-electron chi connectivity index (χ1n) is 5.20. The fraction of sp³-hybridized carbons (Fsp3) is 0.700. The number of aromatic nitrogens is 2. The van der Waals surface area contributed by atoms with E-state index in [1.165, 1.54) is 0 Å². The molecule has 1 saturated carbocycles. The van der Waals surface area contributed by atoms with Gasteiger partial charge in [0.15, 0.2) is 0 Å². The van der Waals surface area contributed by atoms with Gasteiger partial charge in [-0.05, 0) is 32.6 Å². The highest BCUT2D eigenvalue weighted by Crippen LogP contribution is 2.27. The molecule has 1 fully saturated rings. The third-order valence-electron chi connectivity index (χ3n) is 3.06. The SMILES string of the molecule is Cc1c[nH]c(=O)n1C1CCCC(N)C1. The quantitative estimate of drug-likeness (QED) is 0.700. The van der Waals surface area contributed by atoms with Crippen molar-refractivity contribution in [3.05, 3.63) is 22.4 Å². The van der Waals surface area contributed by atoms with Crippen LogP contribution in [-0.2, 0) is 0 Å². The van der Waals surface area contributed by atoms with Crippen molar-refractivity contribution < 1.29 is 0 Å². The van der Waals surface area contributed by atoms with Crippen LogP contribution in [0.2, 0.25) is 0 Å². The lowest BCUT2D eigenvalue weighted by atomic mass is 9.91. The maximum Gasteiger partial charge on any atom is 0.325 e. The van der Waals surface area contributed by atoms with Crippen LogP contribution in [-0.4, -0.2) is 15.6 Å². The minimum absolute atomic E-state index is 0.00148. The lowest BCUT2D eigenvalue weighted by Gasteiger charge is -2.27. The molecule has 1 aliphatic rings. The molecule has 2 unspecified atom stereocenters. The fourth-order valence-corrected chi connectivity index (χ4v) is 2.35. The number of H-pyrrole nitrogens is 1. The Morgan fingerprint density at radius 3 is 2.93 bits per heavy atom. The number of aromatic amines is 1. The second kappa shape index (κ2) is 3.61. The van der Waals surface area contributed by atoms with Gasteiger partial charge >= 0.3 is 5.69 Å². The summed E-state index contributed by atoms with van der Waals surface area (Å²) in [5, 5.41) is 0. The molecule has 1 aliphatic carbocycles. The zero-order valence-corrected chi connectivity index (χ0v) is 8.49. The van der Waals surface area contributed by atoms with E-state index in [1.54, 1.807) is 6.20 Å². The van der Waals surface area contributed by atoms with Crippen LogP contribution in [0.3, 0.4) is 0 Å². The molecule has 0 saturated heterocycles. The van der Waals surface area contributed by atoms with Crippen molar-refractivity contribution in [1.29, 1.82) is 0 Å². The molecule has 2 atom stereocenters. The Labute approximate surface area is 83.1 Å². The third-order valence-corrected chi connectivity index (χ3v) is 3.06. The van der Waals surface area contributed by atoms with E-state index < -0.39 is 0 Å². The average Bonchev–Trinajstić information content (AvgIpc) is 2.46. The van der Waals surface area contributed by atoms with Gasteiger partial charge in [0, 0.05) is 24.0 Å². The van der Waals surface area contributed by atoms with Crippen molar-refractivity contribution in [2.24, 2.45) is 5.73 Å². The lowest BCUT2D eigenvalue weighted by Crippen LogP contribution is -2.33. The summed E-state index contributed by atoms with van der Waals surface area (Å²) in [5.41, 5.74) is 6.92. The summed E-state index contributed by atoms with van der Waals surface area (Å²) in [5.74, 6) is 0. The normalized spacial score (nSPS) is 27.9. The second-order valence-electron chi connectivity index (χ2n) is 4.19. The number of nitrogens with two attached hydrogens (primary N) is 1. The van der Waals surface area contributed by atoms with Gasteiger partial charge in [0.05, 0.1) is 0 Å². The largest absolute Gasteiger partial charge is 0.328 e. The van der Waals surface area contributed by atoms with E-state index in [0.29, 0.717) is 6.04 Å². The van der Waals surface area contributed by atoms with Gasteiger partial charge in [-0.1, -0.05) is 0 Å². The van der Waals surface area contributed by atoms with Crippen molar-refractivity contribution in [3.63, 3.8) is 0 Å². The Morgan fingerprint density at radius 1 is 1.57 bits per heavy atom. The van der Waals surface area contributed by atoms with Crippen LogP contribution in [0.5, 0.6) is 0 Å². The molecule has 14 heavy (non-hydrogen) atoms. The average molecular weight is 195 g/mol. The molecule has 0 amide bonds. The zero-order valence-electron chi connectivity index (χ0n) is 8.49. The molecule has 1 aromatic rings. The molecule has 4 nitrogen and oxygen atoms in total. The standard InChI is InChI=1S/C10H17N3O/c1-7-6-12-10(14)13(7)9-4-2-3-8(11)5-9/h6,8-9H,2-5,11H2,1H3,(H,12,14). The van der Waals surface area contributed by atoms with Crippen molar-refractivity contribution in [3.8, 4) is 0 Å². The summed E-state index contributed by atoms with van der Waals surface area (Å²) in [6.07, 6.45) is 5.99. The maximum absolute atomic E-state index is 11.5. The van der Waals surface area contributed by atoms with Crippen molar-refractivity contribution in [1.82, 2.24) is 9.55 Å². The van der Waals surface area contributed by atoms with Crippen LogP contribution < -0.4 is 11.4 Å². The monoisotopic (exact) mass is 195 g/mol. The second-order valence-corrected chi connectivity index (χ2v) is 4.19. The topological polar surface area (TPSA) is 63.8 Å². The molecular weight excluding hydrogens is 178 g/mol. The Morgan fingerprint density at radius 2 is 2.36 bits per heavy atom. The molecular formula is C10H17N3O. The van der Waals surface area contributed by atoms with Crippen LogP contribution >= 0.6 is 0 Å². The zero-order chi connectivity index (χ0) is 10.1. The van der Waals surface area contributed by atoms with Crippen LogP contribution in [0.15, 0.2) is 11.0 Å². The summed E-state index contributed by atoms with van der Waals surface area (Å²) < 4.78 is 1.85. The predicted molar refractivity (Wildman–Crippen MR) is 55.3 cm³/mol. The van der Waals surface area contributed by atoms with Crippen molar-refractivity contribution in [2.75, 3.05) is 0 Å². The van der Waals surface area contributed by atoms with Gasteiger partial charge in [0.1, 0.15) is 0 Å². The number of hydrogen-bond acceptors (Lipinski definition) is 2. The molecule has 3 N–H and O–H groups in total. The first-order valence-corrected chi connectivity index (χ1v) is 5.20. The smallest absolute Gasteiger partial charge is 0.325 e. The summed E-state index contributed by atoms with van der Waals surface area (Å²) in [6.45, 7) is 1.96. The summed E-state index contributed by atoms with van der Waals surface area (Å²) in [6, 6.07) is 0.562. The van der Waals surface area contributed by atoms with E-state index in [0.717, 1.165) is 31.4 Å². The van der Waals surface area contributed by atoms with Gasteiger partial charge < -0.3 is 10.7 Å². The molecule has 78 valence electrons. The van der Waals surface area contributed by atoms with Crippen LogP contribution in [0, 0.1) is 6.92 Å². The molecule has 4 heteroatoms. The Balaban J connectivity index is 2.26. The number of hydrogen-bond donors (Lipinski definition) is 2. The summed E-state index contributed by atoms with van der Waals surface area (Å²) in [7, 11) is 0. The number of aryl methyl sites for hydroxylation is 1. The molecule has 2 rings (SSSR count). The number of nitrogens with zero attached hydrogens (tertiary/aromatic N) is 1. The Kier molecular flexibility index (Phi) is 2.46. The minimum atomic E-state index is 0.00148. The van der Waals surface area contributed by atoms with E-state index in [4.69, 9.17) is 5.73 Å². The molecule has 0 aromatic carbocycles.